The van der Waals surface area contributed by atoms with E-state index in [1.807, 2.05) is 25.1 Å². The number of urea groups is 1. The molecule has 1 atom stereocenters. The van der Waals surface area contributed by atoms with Crippen molar-refractivity contribution in [2.75, 3.05) is 31.6 Å². The summed E-state index contributed by atoms with van der Waals surface area (Å²) < 4.78 is 1.00. The van der Waals surface area contributed by atoms with Crippen LogP contribution in [-0.4, -0.2) is 48.3 Å². The molecule has 0 aliphatic carbocycles. The van der Waals surface area contributed by atoms with Crippen LogP contribution < -0.4 is 10.6 Å². The summed E-state index contributed by atoms with van der Waals surface area (Å²) in [6, 6.07) is 5.96. The molecule has 0 saturated carbocycles. The molecule has 2 rings (SSSR count). The van der Waals surface area contributed by atoms with Gasteiger partial charge in [0, 0.05) is 22.7 Å². The first-order chi connectivity index (χ1) is 11.1. The van der Waals surface area contributed by atoms with Crippen LogP contribution in [0.1, 0.15) is 31.2 Å². The smallest absolute Gasteiger partial charge is 0.319 e. The van der Waals surface area contributed by atoms with Gasteiger partial charge < -0.3 is 15.7 Å². The number of aliphatic hydroxyl groups is 1. The number of anilines is 1. The zero-order valence-electron chi connectivity index (χ0n) is 13.6. The van der Waals surface area contributed by atoms with E-state index in [-0.39, 0.29) is 12.6 Å². The second-order valence-corrected chi connectivity index (χ2v) is 6.98. The SMILES string of the molecule is Cc1cc(Br)ccc1NC(=O)NCCCCN1CCCC1CO. The highest BCUT2D eigenvalue weighted by Crippen LogP contribution is 2.20. The minimum Gasteiger partial charge on any atom is -0.395 e. The largest absolute Gasteiger partial charge is 0.395 e. The molecule has 23 heavy (non-hydrogen) atoms. The number of hydrogen-bond acceptors (Lipinski definition) is 3. The molecule has 1 fully saturated rings. The van der Waals surface area contributed by atoms with Crippen LogP contribution in [0.3, 0.4) is 0 Å². The van der Waals surface area contributed by atoms with E-state index in [2.05, 4.69) is 31.5 Å². The molecule has 1 aliphatic heterocycles. The van der Waals surface area contributed by atoms with Crippen molar-refractivity contribution >= 4 is 27.6 Å². The third-order valence-corrected chi connectivity index (χ3v) is 4.80. The highest BCUT2D eigenvalue weighted by Gasteiger charge is 2.22. The number of hydrogen-bond donors (Lipinski definition) is 3. The Morgan fingerprint density at radius 3 is 3.00 bits per heavy atom. The number of amides is 2. The van der Waals surface area contributed by atoms with Gasteiger partial charge in [-0.1, -0.05) is 15.9 Å². The molecular formula is C17H26BrN3O2. The van der Waals surface area contributed by atoms with Crippen molar-refractivity contribution < 1.29 is 9.90 Å². The fourth-order valence-corrected chi connectivity index (χ4v) is 3.45. The first kappa shape index (κ1) is 18.2. The fourth-order valence-electron chi connectivity index (χ4n) is 2.97. The monoisotopic (exact) mass is 383 g/mol. The van der Waals surface area contributed by atoms with Crippen molar-refractivity contribution in [3.05, 3.63) is 28.2 Å². The molecule has 128 valence electrons. The maximum absolute atomic E-state index is 11.9. The molecule has 0 bridgehead atoms. The van der Waals surface area contributed by atoms with Gasteiger partial charge in [-0.25, -0.2) is 4.79 Å². The summed E-state index contributed by atoms with van der Waals surface area (Å²) in [7, 11) is 0. The summed E-state index contributed by atoms with van der Waals surface area (Å²) in [5.74, 6) is 0. The molecule has 0 aromatic heterocycles. The number of likely N-dealkylation sites (tertiary alicyclic amines) is 1. The van der Waals surface area contributed by atoms with Crippen LogP contribution in [0.2, 0.25) is 0 Å². The first-order valence-electron chi connectivity index (χ1n) is 8.26. The van der Waals surface area contributed by atoms with Crippen molar-refractivity contribution in [2.24, 2.45) is 0 Å². The van der Waals surface area contributed by atoms with Crippen molar-refractivity contribution in [3.63, 3.8) is 0 Å². The van der Waals surface area contributed by atoms with E-state index >= 15 is 0 Å². The molecule has 3 N–H and O–H groups in total. The van der Waals surface area contributed by atoms with Gasteiger partial charge in [0.05, 0.1) is 6.61 Å². The summed E-state index contributed by atoms with van der Waals surface area (Å²) in [5.41, 5.74) is 1.85. The average Bonchev–Trinajstić information content (AvgIpc) is 2.97. The number of rotatable bonds is 7. The van der Waals surface area contributed by atoms with Crippen molar-refractivity contribution in [3.8, 4) is 0 Å². The number of carbonyl (C=O) groups is 1. The van der Waals surface area contributed by atoms with Crippen LogP contribution >= 0.6 is 15.9 Å². The van der Waals surface area contributed by atoms with E-state index in [0.29, 0.717) is 12.6 Å². The number of halogens is 1. The zero-order chi connectivity index (χ0) is 16.7. The van der Waals surface area contributed by atoms with Gasteiger partial charge in [-0.15, -0.1) is 0 Å². The van der Waals surface area contributed by atoms with E-state index in [9.17, 15) is 9.90 Å². The normalized spacial score (nSPS) is 18.1. The Balaban J connectivity index is 1.61. The first-order valence-corrected chi connectivity index (χ1v) is 9.05. The second-order valence-electron chi connectivity index (χ2n) is 6.06. The molecule has 2 amide bonds. The molecule has 1 heterocycles. The zero-order valence-corrected chi connectivity index (χ0v) is 15.2. The third-order valence-electron chi connectivity index (χ3n) is 4.30. The quantitative estimate of drug-likeness (QED) is 0.633. The molecule has 5 nitrogen and oxygen atoms in total. The van der Waals surface area contributed by atoms with Crippen molar-refractivity contribution in [1.29, 1.82) is 0 Å². The summed E-state index contributed by atoms with van der Waals surface area (Å²) in [4.78, 5) is 14.2. The molecule has 1 aromatic carbocycles. The lowest BCUT2D eigenvalue weighted by Crippen LogP contribution is -2.34. The highest BCUT2D eigenvalue weighted by molar-refractivity contribution is 9.10. The predicted molar refractivity (Wildman–Crippen MR) is 96.8 cm³/mol. The van der Waals surface area contributed by atoms with Crippen LogP contribution in [0.5, 0.6) is 0 Å². The lowest BCUT2D eigenvalue weighted by molar-refractivity contribution is 0.157. The molecular weight excluding hydrogens is 358 g/mol. The molecule has 1 saturated heterocycles. The Kier molecular flexibility index (Phi) is 7.33. The topological polar surface area (TPSA) is 64.6 Å². The van der Waals surface area contributed by atoms with E-state index in [0.717, 1.165) is 48.1 Å². The predicted octanol–water partition coefficient (Wildman–Crippen LogP) is 3.12. The van der Waals surface area contributed by atoms with Gasteiger partial charge in [0.15, 0.2) is 0 Å². The standard InChI is InChI=1S/C17H26BrN3O2/c1-13-11-14(18)6-7-16(13)20-17(23)19-8-2-3-9-21-10-4-5-15(21)12-22/h6-7,11,15,22H,2-5,8-10,12H2,1H3,(H2,19,20,23). The molecule has 1 aliphatic rings. The van der Waals surface area contributed by atoms with Gasteiger partial charge in [-0.3, -0.25) is 4.90 Å². The minimum atomic E-state index is -0.162. The van der Waals surface area contributed by atoms with Crippen LogP contribution in [0.25, 0.3) is 0 Å². The maximum Gasteiger partial charge on any atom is 0.319 e. The summed E-state index contributed by atoms with van der Waals surface area (Å²) in [6.07, 6.45) is 4.26. The van der Waals surface area contributed by atoms with Gasteiger partial charge >= 0.3 is 6.03 Å². The van der Waals surface area contributed by atoms with E-state index < -0.39 is 0 Å². The minimum absolute atomic E-state index is 0.162. The molecule has 1 unspecified atom stereocenters. The fraction of sp³-hybridized carbons (Fsp3) is 0.588. The number of carbonyl (C=O) groups excluding carboxylic acids is 1. The summed E-state index contributed by atoms with van der Waals surface area (Å²) in [5, 5.41) is 15.0. The Labute approximate surface area is 146 Å². The number of aryl methyl sites for hydroxylation is 1. The van der Waals surface area contributed by atoms with Crippen LogP contribution in [-0.2, 0) is 0 Å². The lowest BCUT2D eigenvalue weighted by Gasteiger charge is -2.22. The number of benzene rings is 1. The number of nitrogens with zero attached hydrogens (tertiary/aromatic N) is 1. The molecule has 1 aromatic rings. The third kappa shape index (κ3) is 5.79. The molecule has 6 heteroatoms. The highest BCUT2D eigenvalue weighted by atomic mass is 79.9. The van der Waals surface area contributed by atoms with Crippen LogP contribution in [0.15, 0.2) is 22.7 Å². The van der Waals surface area contributed by atoms with Gasteiger partial charge in [-0.05, 0) is 69.5 Å². The van der Waals surface area contributed by atoms with E-state index in [4.69, 9.17) is 0 Å². The maximum atomic E-state index is 11.9. The van der Waals surface area contributed by atoms with E-state index in [1.54, 1.807) is 0 Å². The Hall–Kier alpha value is -1.11. The Morgan fingerprint density at radius 1 is 1.43 bits per heavy atom. The second kappa shape index (κ2) is 9.25. The Bertz CT molecular complexity index is 525. The van der Waals surface area contributed by atoms with Crippen molar-refractivity contribution in [1.82, 2.24) is 10.2 Å². The Morgan fingerprint density at radius 2 is 2.26 bits per heavy atom. The molecule has 0 radical (unpaired) electrons. The number of unbranched alkanes of at least 4 members (excludes halogenated alkanes) is 1. The van der Waals surface area contributed by atoms with Gasteiger partial charge in [-0.2, -0.15) is 0 Å². The van der Waals surface area contributed by atoms with Gasteiger partial charge in [0.2, 0.25) is 0 Å². The van der Waals surface area contributed by atoms with E-state index in [1.165, 1.54) is 6.42 Å². The lowest BCUT2D eigenvalue weighted by atomic mass is 10.2. The average molecular weight is 384 g/mol. The molecule has 0 spiro atoms. The van der Waals surface area contributed by atoms with Crippen LogP contribution in [0, 0.1) is 6.92 Å². The number of nitrogens with one attached hydrogen (secondary N) is 2. The summed E-state index contributed by atoms with van der Waals surface area (Å²) in [6.45, 7) is 4.97. The summed E-state index contributed by atoms with van der Waals surface area (Å²) >= 11 is 3.41. The van der Waals surface area contributed by atoms with Crippen molar-refractivity contribution in [2.45, 2.75) is 38.6 Å². The van der Waals surface area contributed by atoms with Crippen LogP contribution in [0.4, 0.5) is 10.5 Å². The van der Waals surface area contributed by atoms with Gasteiger partial charge in [0.1, 0.15) is 0 Å². The number of aliphatic hydroxyl groups excluding tert-OH is 1. The van der Waals surface area contributed by atoms with Gasteiger partial charge in [0.25, 0.3) is 0 Å².